The van der Waals surface area contributed by atoms with Crippen molar-refractivity contribution in [1.29, 1.82) is 0 Å². The van der Waals surface area contributed by atoms with E-state index in [0.717, 1.165) is 128 Å². The quantitative estimate of drug-likeness (QED) is 0.126. The maximum absolute atomic E-state index is 6.83. The van der Waals surface area contributed by atoms with Gasteiger partial charge in [0, 0.05) is 83.7 Å². The van der Waals surface area contributed by atoms with Gasteiger partial charge >= 0.3 is 0 Å². The number of benzene rings is 13. The first-order valence-corrected chi connectivity index (χ1v) is 32.2. The molecule has 19 rings (SSSR count). The zero-order chi connectivity index (χ0) is 62.5. The lowest BCUT2D eigenvalue weighted by molar-refractivity contribution is 0.673. The maximum atomic E-state index is 6.83. The lowest BCUT2D eigenvalue weighted by atomic mass is 9.33. The van der Waals surface area contributed by atoms with Crippen molar-refractivity contribution in [1.82, 2.24) is 24.5 Å². The van der Waals surface area contributed by atoms with Gasteiger partial charge in [-0.15, -0.1) is 0 Å². The Balaban J connectivity index is 0.771. The van der Waals surface area contributed by atoms with Gasteiger partial charge in [0.15, 0.2) is 11.6 Å². The van der Waals surface area contributed by atoms with Gasteiger partial charge in [0.25, 0.3) is 6.71 Å². The van der Waals surface area contributed by atoms with Gasteiger partial charge in [-0.3, -0.25) is 0 Å². The standard InChI is InChI=1S/C86H54BN7O/c1-5-23-56(24-6-1)70-53-72(90-85(88-70)58-27-9-3-10-28-58)60-45-49-75(94-74-37-17-13-34-66(74)82-78(94)50-48-65-64-33-14-20-42-81(64)95-84(65)82)67(52-60)73-54-71(57-25-7-2-8-26-57)89-86(91-73)61-30-21-29-59(51-61)55-43-46-63(47-44-55)93-77-39-19-16-36-69(77)87-68-35-15-18-38-76(68)92(62-31-11-4-12-32-62)79-40-22-41-80(93)83(79)87/h1-54H. The summed E-state index contributed by atoms with van der Waals surface area (Å²) in [4.78, 5) is 26.6. The first kappa shape index (κ1) is 54.1. The largest absolute Gasteiger partial charge is 0.455 e. The highest BCUT2D eigenvalue weighted by atomic mass is 16.3. The molecule has 4 aromatic heterocycles. The number of furan rings is 1. The molecule has 8 nitrogen and oxygen atoms in total. The molecule has 0 aliphatic carbocycles. The van der Waals surface area contributed by atoms with Gasteiger partial charge in [-0.25, -0.2) is 19.9 Å². The molecule has 442 valence electrons. The molecule has 0 radical (unpaired) electrons. The van der Waals surface area contributed by atoms with E-state index in [0.29, 0.717) is 11.6 Å². The molecule has 0 spiro atoms. The molecule has 2 aliphatic heterocycles. The Kier molecular flexibility index (Phi) is 12.5. The molecule has 13 aromatic carbocycles. The van der Waals surface area contributed by atoms with E-state index in [9.17, 15) is 0 Å². The molecule has 95 heavy (non-hydrogen) atoms. The van der Waals surface area contributed by atoms with Crippen LogP contribution in [0.3, 0.4) is 0 Å². The normalized spacial score (nSPS) is 12.4. The minimum absolute atomic E-state index is 0.0635. The summed E-state index contributed by atoms with van der Waals surface area (Å²) in [6.45, 7) is 0.0635. The second kappa shape index (κ2) is 22.0. The highest BCUT2D eigenvalue weighted by Crippen LogP contribution is 2.47. The van der Waals surface area contributed by atoms with Crippen molar-refractivity contribution in [3.63, 3.8) is 0 Å². The van der Waals surface area contributed by atoms with E-state index < -0.39 is 0 Å². The average Bonchev–Trinajstić information content (AvgIpc) is 1.71. The monoisotopic (exact) mass is 1210 g/mol. The highest BCUT2D eigenvalue weighted by Gasteiger charge is 2.43. The topological polar surface area (TPSA) is 76.1 Å². The molecule has 0 unspecified atom stereocenters. The van der Waals surface area contributed by atoms with Crippen molar-refractivity contribution in [3.05, 3.63) is 328 Å². The van der Waals surface area contributed by atoms with E-state index in [1.165, 1.54) is 39.1 Å². The minimum atomic E-state index is 0.0635. The molecule has 0 saturated heterocycles. The molecule has 0 atom stereocenters. The predicted molar refractivity (Wildman–Crippen MR) is 391 cm³/mol. The predicted octanol–water partition coefficient (Wildman–Crippen LogP) is 20.0. The number of hydrogen-bond acceptors (Lipinski definition) is 7. The number of nitrogens with zero attached hydrogens (tertiary/aromatic N) is 7. The fraction of sp³-hybridized carbons (Fsp3) is 0. The van der Waals surface area contributed by atoms with Gasteiger partial charge in [-0.05, 0) is 131 Å². The summed E-state index contributed by atoms with van der Waals surface area (Å²) in [7, 11) is 0. The van der Waals surface area contributed by atoms with Crippen molar-refractivity contribution < 1.29 is 4.42 Å². The van der Waals surface area contributed by atoms with Gasteiger partial charge in [-0.1, -0.05) is 224 Å². The Morgan fingerprint density at radius 3 is 1.46 bits per heavy atom. The van der Waals surface area contributed by atoms with E-state index in [1.807, 2.05) is 36.4 Å². The van der Waals surface area contributed by atoms with Crippen LogP contribution < -0.4 is 26.2 Å². The molecule has 0 bridgehead atoms. The summed E-state index contributed by atoms with van der Waals surface area (Å²) in [5.74, 6) is 1.24. The van der Waals surface area contributed by atoms with Gasteiger partial charge < -0.3 is 18.8 Å². The summed E-state index contributed by atoms with van der Waals surface area (Å²) in [6.07, 6.45) is 0. The van der Waals surface area contributed by atoms with Crippen LogP contribution in [0.4, 0.5) is 34.1 Å². The fourth-order valence-corrected chi connectivity index (χ4v) is 14.7. The van der Waals surface area contributed by atoms with E-state index >= 15 is 0 Å². The average molecular weight is 1210 g/mol. The summed E-state index contributed by atoms with van der Waals surface area (Å²) in [5.41, 5.74) is 26.4. The van der Waals surface area contributed by atoms with E-state index in [1.54, 1.807) is 0 Å². The zero-order valence-electron chi connectivity index (χ0n) is 51.3. The van der Waals surface area contributed by atoms with Crippen molar-refractivity contribution in [2.45, 2.75) is 0 Å². The van der Waals surface area contributed by atoms with E-state index in [4.69, 9.17) is 24.4 Å². The van der Waals surface area contributed by atoms with Gasteiger partial charge in [0.1, 0.15) is 11.2 Å². The Morgan fingerprint density at radius 2 is 0.779 bits per heavy atom. The lowest BCUT2D eigenvalue weighted by Gasteiger charge is -2.44. The first-order chi connectivity index (χ1) is 47.1. The van der Waals surface area contributed by atoms with E-state index in [2.05, 4.69) is 306 Å². The highest BCUT2D eigenvalue weighted by molar-refractivity contribution is 7.00. The van der Waals surface area contributed by atoms with Crippen LogP contribution in [0.15, 0.2) is 332 Å². The summed E-state index contributed by atoms with van der Waals surface area (Å²) in [6, 6.07) is 116. The Bertz CT molecular complexity index is 5820. The summed E-state index contributed by atoms with van der Waals surface area (Å²) < 4.78 is 9.20. The third-order valence-corrected chi connectivity index (χ3v) is 19.0. The number of fused-ring (bicyclic) bond motifs is 11. The van der Waals surface area contributed by atoms with Gasteiger partial charge in [-0.2, -0.15) is 0 Å². The molecule has 0 N–H and O–H groups in total. The second-order valence-corrected chi connectivity index (χ2v) is 24.4. The van der Waals surface area contributed by atoms with Crippen LogP contribution in [0.1, 0.15) is 0 Å². The summed E-state index contributed by atoms with van der Waals surface area (Å²) in [5, 5.41) is 4.30. The Labute approximate surface area is 548 Å². The summed E-state index contributed by atoms with van der Waals surface area (Å²) >= 11 is 0. The molecule has 17 aromatic rings. The van der Waals surface area contributed by atoms with Crippen LogP contribution >= 0.6 is 0 Å². The molecule has 6 heterocycles. The van der Waals surface area contributed by atoms with Crippen LogP contribution in [-0.4, -0.2) is 31.2 Å². The third kappa shape index (κ3) is 8.92. The molecule has 0 fully saturated rings. The molecule has 9 heteroatoms. The lowest BCUT2D eigenvalue weighted by Crippen LogP contribution is -2.61. The van der Waals surface area contributed by atoms with Crippen LogP contribution in [-0.2, 0) is 0 Å². The van der Waals surface area contributed by atoms with Crippen molar-refractivity contribution >= 4 is 101 Å². The fourth-order valence-electron chi connectivity index (χ4n) is 14.7. The molecule has 0 amide bonds. The number of hydrogen-bond donors (Lipinski definition) is 0. The van der Waals surface area contributed by atoms with E-state index in [-0.39, 0.29) is 6.71 Å². The van der Waals surface area contributed by atoms with Crippen molar-refractivity contribution in [2.75, 3.05) is 9.80 Å². The maximum Gasteiger partial charge on any atom is 0.252 e. The molecular formula is C86H54BN7O. The SMILES string of the molecule is c1ccc(-c2cc(-c3ccc(-n4c5ccccc5c5c6oc7ccccc7c6ccc54)c(-c4cc(-c5ccccc5)nc(-c5cccc(-c6ccc(N7c8ccccc8B8c9ccccc9N(c9ccccc9)c9cccc7c98)cc6)c5)n4)c3)nc(-c3ccccc3)n2)cc1. The second-order valence-electron chi connectivity index (χ2n) is 24.4. The van der Waals surface area contributed by atoms with Gasteiger partial charge in [0.05, 0.1) is 44.9 Å². The van der Waals surface area contributed by atoms with Crippen LogP contribution in [0, 0.1) is 0 Å². The Hall–Kier alpha value is -12.7. The zero-order valence-corrected chi connectivity index (χ0v) is 51.3. The number of para-hydroxylation sites is 5. The van der Waals surface area contributed by atoms with Crippen LogP contribution in [0.2, 0.25) is 0 Å². The van der Waals surface area contributed by atoms with Crippen molar-refractivity contribution in [2.24, 2.45) is 0 Å². The number of rotatable bonds is 10. The smallest absolute Gasteiger partial charge is 0.252 e. The molecular weight excluding hydrogens is 1160 g/mol. The minimum Gasteiger partial charge on any atom is -0.455 e. The van der Waals surface area contributed by atoms with Crippen LogP contribution in [0.25, 0.3) is 128 Å². The molecule has 2 aliphatic rings. The molecule has 0 saturated carbocycles. The number of aromatic nitrogens is 5. The van der Waals surface area contributed by atoms with Gasteiger partial charge in [0.2, 0.25) is 0 Å². The number of anilines is 6. The first-order valence-electron chi connectivity index (χ1n) is 32.2. The van der Waals surface area contributed by atoms with Crippen molar-refractivity contribution in [3.8, 4) is 84.6 Å². The van der Waals surface area contributed by atoms with Crippen LogP contribution in [0.5, 0.6) is 0 Å². The third-order valence-electron chi connectivity index (χ3n) is 19.0. The Morgan fingerprint density at radius 1 is 0.284 bits per heavy atom.